The Bertz CT molecular complexity index is 1910. The fourth-order valence-corrected chi connectivity index (χ4v) is 11.0. The number of fused-ring (bicyclic) bond motifs is 5. The van der Waals surface area contributed by atoms with Crippen LogP contribution in [-0.4, -0.2) is 150 Å². The molecule has 349 valence electrons. The maximum absolute atomic E-state index is 15.3. The van der Waals surface area contributed by atoms with Crippen molar-refractivity contribution in [1.82, 2.24) is 5.32 Å². The van der Waals surface area contributed by atoms with Crippen LogP contribution in [0.15, 0.2) is 41.5 Å². The quantitative estimate of drug-likeness (QED) is 0.0875. The summed E-state index contributed by atoms with van der Waals surface area (Å²) in [6.45, 7) is 11.1. The van der Waals surface area contributed by atoms with E-state index in [4.69, 9.17) is 23.7 Å². The Kier molecular flexibility index (Phi) is 15.5. The van der Waals surface area contributed by atoms with Gasteiger partial charge in [0.1, 0.15) is 42.7 Å². The van der Waals surface area contributed by atoms with Crippen molar-refractivity contribution in [1.29, 1.82) is 0 Å². The number of Topliss-reactive ketones (excluding diaryl/α,β-unsaturated/α-hetero) is 1. The minimum Gasteiger partial charge on any atom is -0.456 e. The molecule has 12 unspecified atom stereocenters. The molecule has 1 aromatic carbocycles. The number of ketones is 1. The molecular formula is C44H63AcNO17. The van der Waals surface area contributed by atoms with Crippen LogP contribution in [0.4, 0.5) is 4.79 Å². The largest absolute Gasteiger partial charge is 0.456 e. The second kappa shape index (κ2) is 18.9. The standard InChI is InChI=1S/C44H63NO17.Ac/c1-20-24(59-37(54)31(50)29(22-12-10-9-11-13-22)45-39(55)62-40(3,4)5)17-44(57)21(2)35-42(8,26(47)16-23-14-15-43(23,35)56)36(53)34(28(20)41(44,6)7)61-27(48)19-58-38-33(52)32(51)30(49)25(18-46)60-38;/h9-13,21,23-26,29-35,38,46-47,49-52,56-57H,14-19H2,1-8H3,(H,45,55);/t21-,23+,24?,25?,26?,29?,30?,31?,32?,33?,34?,35?,38?,42+,43-,44?;/m0./s1. The van der Waals surface area contributed by atoms with Crippen LogP contribution in [0.25, 0.3) is 0 Å². The molecule has 0 spiro atoms. The van der Waals surface area contributed by atoms with E-state index in [1.165, 1.54) is 13.8 Å². The van der Waals surface area contributed by atoms with E-state index in [1.807, 2.05) is 0 Å². The number of carbonyl (C=O) groups is 4. The van der Waals surface area contributed by atoms with Crippen LogP contribution in [0.5, 0.6) is 0 Å². The first-order chi connectivity index (χ1) is 28.7. The van der Waals surface area contributed by atoms with E-state index < -0.39 is 144 Å². The van der Waals surface area contributed by atoms with E-state index in [0.29, 0.717) is 12.0 Å². The molecule has 63 heavy (non-hydrogen) atoms. The average molecular weight is 1100 g/mol. The van der Waals surface area contributed by atoms with Crippen LogP contribution < -0.4 is 5.32 Å². The summed E-state index contributed by atoms with van der Waals surface area (Å²) in [5, 5.41) is 92.2. The van der Waals surface area contributed by atoms with Crippen molar-refractivity contribution in [3.05, 3.63) is 47.0 Å². The number of benzene rings is 1. The van der Waals surface area contributed by atoms with E-state index >= 15 is 4.79 Å². The first-order valence-corrected chi connectivity index (χ1v) is 21.2. The summed E-state index contributed by atoms with van der Waals surface area (Å²) in [4.78, 5) is 56.3. The number of hydrogen-bond acceptors (Lipinski definition) is 17. The van der Waals surface area contributed by atoms with Gasteiger partial charge in [-0.2, -0.15) is 0 Å². The Morgan fingerprint density at radius 3 is 2.19 bits per heavy atom. The number of alkyl carbamates (subject to hydrolysis) is 1. The Morgan fingerprint density at radius 1 is 0.984 bits per heavy atom. The second-order valence-electron chi connectivity index (χ2n) is 19.5. The summed E-state index contributed by atoms with van der Waals surface area (Å²) in [6.07, 6.45) is -15.5. The van der Waals surface area contributed by atoms with Gasteiger partial charge in [0.15, 0.2) is 24.3 Å². The Hall–Kier alpha value is -2.12. The molecule has 18 nitrogen and oxygen atoms in total. The van der Waals surface area contributed by atoms with Crippen molar-refractivity contribution in [3.63, 3.8) is 0 Å². The van der Waals surface area contributed by atoms with Crippen LogP contribution in [0, 0.1) is 72.6 Å². The number of rotatable bonds is 10. The smallest absolute Gasteiger partial charge is 0.408 e. The topological polar surface area (TPSA) is 288 Å². The van der Waals surface area contributed by atoms with Gasteiger partial charge in [-0.3, -0.25) is 4.79 Å². The van der Waals surface area contributed by atoms with Gasteiger partial charge in [-0.25, -0.2) is 14.4 Å². The zero-order valence-electron chi connectivity index (χ0n) is 37.0. The molecule has 1 heterocycles. The van der Waals surface area contributed by atoms with Gasteiger partial charge in [0.25, 0.3) is 0 Å². The first kappa shape index (κ1) is 51.9. The van der Waals surface area contributed by atoms with Gasteiger partial charge in [-0.15, -0.1) is 0 Å². The Morgan fingerprint density at radius 2 is 1.62 bits per heavy atom. The molecule has 1 amide bonds. The van der Waals surface area contributed by atoms with Crippen molar-refractivity contribution in [3.8, 4) is 0 Å². The van der Waals surface area contributed by atoms with Crippen molar-refractivity contribution >= 4 is 23.8 Å². The second-order valence-corrected chi connectivity index (χ2v) is 19.5. The molecule has 1 radical (unpaired) electrons. The molecular weight excluding hydrogens is 1040 g/mol. The minimum absolute atomic E-state index is 0. The predicted molar refractivity (Wildman–Crippen MR) is 214 cm³/mol. The molecule has 9 N–H and O–H groups in total. The Balaban J connectivity index is 0.00000748. The van der Waals surface area contributed by atoms with Crippen molar-refractivity contribution in [2.45, 2.75) is 159 Å². The molecule has 2 bridgehead atoms. The van der Waals surface area contributed by atoms with Gasteiger partial charge >= 0.3 is 18.0 Å². The third-order valence-corrected chi connectivity index (χ3v) is 14.5. The van der Waals surface area contributed by atoms with Gasteiger partial charge in [-0.1, -0.05) is 51.1 Å². The number of ether oxygens (including phenoxy) is 5. The fourth-order valence-electron chi connectivity index (χ4n) is 11.0. The zero-order valence-corrected chi connectivity index (χ0v) is 41.7. The van der Waals surface area contributed by atoms with Gasteiger partial charge in [-0.05, 0) is 82.4 Å². The van der Waals surface area contributed by atoms with Crippen molar-refractivity contribution < 1.29 is 128 Å². The molecule has 16 atom stereocenters. The molecule has 4 aliphatic carbocycles. The summed E-state index contributed by atoms with van der Waals surface area (Å²) in [6, 6.07) is 6.78. The summed E-state index contributed by atoms with van der Waals surface area (Å²) in [5.41, 5.74) is -7.14. The Labute approximate surface area is 402 Å². The van der Waals surface area contributed by atoms with E-state index in [0.717, 1.165) is 0 Å². The summed E-state index contributed by atoms with van der Waals surface area (Å²) in [7, 11) is 0. The molecule has 5 aliphatic rings. The zero-order chi connectivity index (χ0) is 46.1. The predicted octanol–water partition coefficient (Wildman–Crippen LogP) is 0.478. The molecule has 0 aromatic heterocycles. The van der Waals surface area contributed by atoms with Crippen LogP contribution >= 0.6 is 0 Å². The van der Waals surface area contributed by atoms with E-state index in [9.17, 15) is 55.2 Å². The van der Waals surface area contributed by atoms with Crippen LogP contribution in [0.2, 0.25) is 0 Å². The van der Waals surface area contributed by atoms with Crippen LogP contribution in [-0.2, 0) is 38.1 Å². The first-order valence-electron chi connectivity index (χ1n) is 21.2. The number of nitrogens with one attached hydrogen (secondary N) is 1. The number of carbonyl (C=O) groups excluding carboxylic acids is 4. The normalized spacial score (nSPS) is 39.4. The number of amides is 1. The molecule has 1 aliphatic heterocycles. The molecule has 6 rings (SSSR count). The minimum atomic E-state index is -2.03. The average Bonchev–Trinajstić information content (AvgIpc) is 3.20. The van der Waals surface area contributed by atoms with E-state index in [-0.39, 0.29) is 74.5 Å². The SMILES string of the molecule is CC1=C2C(OC(=O)COC3OC(CO)C(O)C(O)C3O)C(=O)[C@]3(C)C(O)C[C@H]4CC[C@@]4(O)C3[C@H](C)C(O)(CC1OC(=O)C(O)C(NC(=O)OC(C)(C)C)c1ccccc1)C2(C)C.[Ac]. The summed E-state index contributed by atoms with van der Waals surface area (Å²) in [5.74, 6) is -5.71. The molecule has 19 heteroatoms. The third kappa shape index (κ3) is 9.17. The maximum atomic E-state index is 15.3. The number of aliphatic hydroxyl groups excluding tert-OH is 6. The van der Waals surface area contributed by atoms with Crippen molar-refractivity contribution in [2.24, 2.45) is 28.6 Å². The van der Waals surface area contributed by atoms with Gasteiger partial charge in [0.05, 0.1) is 35.4 Å². The van der Waals surface area contributed by atoms with Crippen LogP contribution in [0.1, 0.15) is 92.7 Å². The summed E-state index contributed by atoms with van der Waals surface area (Å²) < 4.78 is 28.2. The van der Waals surface area contributed by atoms with E-state index in [1.54, 1.807) is 71.9 Å². The third-order valence-electron chi connectivity index (χ3n) is 14.5. The maximum Gasteiger partial charge on any atom is 0.408 e. The van der Waals surface area contributed by atoms with Crippen LogP contribution in [0.3, 0.4) is 0 Å². The molecule has 1 saturated heterocycles. The van der Waals surface area contributed by atoms with Crippen molar-refractivity contribution in [2.75, 3.05) is 13.2 Å². The number of esters is 2. The van der Waals surface area contributed by atoms with E-state index in [2.05, 4.69) is 5.32 Å². The summed E-state index contributed by atoms with van der Waals surface area (Å²) >= 11 is 0. The number of hydrogen-bond donors (Lipinski definition) is 9. The van der Waals surface area contributed by atoms with Gasteiger partial charge in [0, 0.05) is 61.8 Å². The molecule has 4 fully saturated rings. The number of aliphatic hydroxyl groups is 8. The van der Waals surface area contributed by atoms with Gasteiger partial charge < -0.3 is 69.9 Å². The molecule has 3 saturated carbocycles. The molecule has 1 aromatic rings. The van der Waals surface area contributed by atoms with Gasteiger partial charge in [0.2, 0.25) is 0 Å². The fraction of sp³-hybridized carbons (Fsp3) is 0.727. The monoisotopic (exact) mass is 1100 g/mol.